The minimum Gasteiger partial charge on any atom is -0.316 e. The number of thiophene rings is 1. The van der Waals surface area contributed by atoms with Gasteiger partial charge in [-0.3, -0.25) is 0 Å². The topological polar surface area (TPSA) is 46.2 Å². The van der Waals surface area contributed by atoms with Crippen molar-refractivity contribution in [3.63, 3.8) is 0 Å². The number of thioether (sulfide) groups is 1. The van der Waals surface area contributed by atoms with Crippen LogP contribution >= 0.6 is 23.1 Å². The largest absolute Gasteiger partial charge is 0.316 e. The monoisotopic (exact) mass is 341 g/mol. The van der Waals surface area contributed by atoms with Crippen LogP contribution in [0.5, 0.6) is 0 Å². The van der Waals surface area contributed by atoms with E-state index in [0.717, 1.165) is 30.2 Å². The van der Waals surface area contributed by atoms with Crippen molar-refractivity contribution in [3.05, 3.63) is 46.7 Å². The third kappa shape index (κ3) is 5.82. The summed E-state index contributed by atoms with van der Waals surface area (Å²) in [6.45, 7) is 1.94. The van der Waals surface area contributed by atoms with Gasteiger partial charge in [-0.2, -0.15) is 0 Å². The Bertz CT molecular complexity index is 634. The Balaban J connectivity index is 1.64. The highest BCUT2D eigenvalue weighted by molar-refractivity contribution is 7.99. The van der Waals surface area contributed by atoms with Gasteiger partial charge in [-0.25, -0.2) is 8.42 Å². The van der Waals surface area contributed by atoms with Crippen molar-refractivity contribution in [2.45, 2.75) is 16.2 Å². The summed E-state index contributed by atoms with van der Waals surface area (Å²) in [5.41, 5.74) is 0. The molecule has 1 N–H and O–H groups in total. The van der Waals surface area contributed by atoms with Crippen LogP contribution in [0, 0.1) is 0 Å². The smallest absolute Gasteiger partial charge is 0.175 e. The molecule has 114 valence electrons. The molecule has 2 aromatic rings. The Labute approximate surface area is 134 Å². The fourth-order valence-electron chi connectivity index (χ4n) is 1.82. The Hall–Kier alpha value is -0.820. The predicted octanol–water partition coefficient (Wildman–Crippen LogP) is 3.08. The van der Waals surface area contributed by atoms with Crippen LogP contribution in [-0.2, 0) is 16.3 Å². The van der Waals surface area contributed by atoms with Gasteiger partial charge in [0.25, 0.3) is 0 Å². The molecule has 0 bridgehead atoms. The number of nitrogens with one attached hydrogen (secondary N) is 1. The Kier molecular flexibility index (Phi) is 6.29. The lowest BCUT2D eigenvalue weighted by molar-refractivity contribution is 0.602. The SMILES string of the molecule is CS(=O)(=O)c1ccc(SCCNCCc2cccs2)cc1. The molecular formula is C15H19NO2S3. The van der Waals surface area contributed by atoms with Crippen LogP contribution in [0.15, 0.2) is 51.6 Å². The Morgan fingerprint density at radius 3 is 2.52 bits per heavy atom. The average molecular weight is 342 g/mol. The molecule has 1 heterocycles. The van der Waals surface area contributed by atoms with Crippen LogP contribution in [0.25, 0.3) is 0 Å². The van der Waals surface area contributed by atoms with Gasteiger partial charge in [0.15, 0.2) is 9.84 Å². The zero-order valence-electron chi connectivity index (χ0n) is 11.9. The molecule has 21 heavy (non-hydrogen) atoms. The van der Waals surface area contributed by atoms with Gasteiger partial charge in [-0.1, -0.05) is 6.07 Å². The van der Waals surface area contributed by atoms with Crippen LogP contribution in [0.4, 0.5) is 0 Å². The molecule has 6 heteroatoms. The van der Waals surface area contributed by atoms with Crippen molar-refractivity contribution in [1.29, 1.82) is 0 Å². The van der Waals surface area contributed by atoms with Crippen LogP contribution in [0.3, 0.4) is 0 Å². The summed E-state index contributed by atoms with van der Waals surface area (Å²) in [5, 5.41) is 5.52. The molecule has 0 saturated heterocycles. The summed E-state index contributed by atoms with van der Waals surface area (Å²) in [6, 6.07) is 11.3. The van der Waals surface area contributed by atoms with Gasteiger partial charge >= 0.3 is 0 Å². The number of sulfone groups is 1. The quantitative estimate of drug-likeness (QED) is 0.592. The van der Waals surface area contributed by atoms with E-state index in [9.17, 15) is 8.42 Å². The number of hydrogen-bond acceptors (Lipinski definition) is 5. The first-order valence-electron chi connectivity index (χ1n) is 6.72. The molecule has 0 aliphatic heterocycles. The van der Waals surface area contributed by atoms with Crippen molar-refractivity contribution in [2.75, 3.05) is 25.1 Å². The van der Waals surface area contributed by atoms with E-state index < -0.39 is 9.84 Å². The second kappa shape index (κ2) is 7.98. The van der Waals surface area contributed by atoms with E-state index in [4.69, 9.17) is 0 Å². The lowest BCUT2D eigenvalue weighted by atomic mass is 10.3. The summed E-state index contributed by atoms with van der Waals surface area (Å²) in [5.74, 6) is 0.975. The standard InChI is InChI=1S/C15H19NO2S3/c1-21(17,18)15-6-4-14(5-7-15)20-12-10-16-9-8-13-3-2-11-19-13/h2-7,11,16H,8-10,12H2,1H3. The van der Waals surface area contributed by atoms with E-state index in [2.05, 4.69) is 22.8 Å². The fraction of sp³-hybridized carbons (Fsp3) is 0.333. The van der Waals surface area contributed by atoms with Gasteiger partial charge in [0.2, 0.25) is 0 Å². The number of benzene rings is 1. The molecule has 0 fully saturated rings. The van der Waals surface area contributed by atoms with Crippen molar-refractivity contribution in [1.82, 2.24) is 5.32 Å². The van der Waals surface area contributed by atoms with E-state index in [1.165, 1.54) is 11.1 Å². The minimum atomic E-state index is -3.09. The van der Waals surface area contributed by atoms with Gasteiger partial charge < -0.3 is 5.32 Å². The average Bonchev–Trinajstić information content (AvgIpc) is 2.95. The van der Waals surface area contributed by atoms with Gasteiger partial charge in [-0.15, -0.1) is 23.1 Å². The molecule has 0 unspecified atom stereocenters. The third-order valence-electron chi connectivity index (χ3n) is 2.93. The summed E-state index contributed by atoms with van der Waals surface area (Å²) < 4.78 is 22.7. The lowest BCUT2D eigenvalue weighted by Gasteiger charge is -2.05. The summed E-state index contributed by atoms with van der Waals surface area (Å²) in [6.07, 6.45) is 2.30. The van der Waals surface area contributed by atoms with Crippen LogP contribution in [0.1, 0.15) is 4.88 Å². The maximum Gasteiger partial charge on any atom is 0.175 e. The van der Waals surface area contributed by atoms with Gasteiger partial charge in [0.05, 0.1) is 4.90 Å². The van der Waals surface area contributed by atoms with Crippen molar-refractivity contribution < 1.29 is 8.42 Å². The molecule has 0 radical (unpaired) electrons. The van der Waals surface area contributed by atoms with Crippen molar-refractivity contribution in [2.24, 2.45) is 0 Å². The highest BCUT2D eigenvalue weighted by Gasteiger charge is 2.05. The maximum atomic E-state index is 11.4. The minimum absolute atomic E-state index is 0.376. The van der Waals surface area contributed by atoms with E-state index in [0.29, 0.717) is 4.90 Å². The first-order valence-corrected chi connectivity index (χ1v) is 10.5. The highest BCUT2D eigenvalue weighted by Crippen LogP contribution is 2.19. The molecule has 1 aromatic carbocycles. The van der Waals surface area contributed by atoms with Crippen molar-refractivity contribution in [3.8, 4) is 0 Å². The lowest BCUT2D eigenvalue weighted by Crippen LogP contribution is -2.19. The normalized spacial score (nSPS) is 11.7. The van der Waals surface area contributed by atoms with Crippen LogP contribution < -0.4 is 5.32 Å². The van der Waals surface area contributed by atoms with E-state index in [1.54, 1.807) is 35.2 Å². The van der Waals surface area contributed by atoms with E-state index >= 15 is 0 Å². The molecule has 0 atom stereocenters. The molecular weight excluding hydrogens is 322 g/mol. The predicted molar refractivity (Wildman–Crippen MR) is 91.2 cm³/mol. The summed E-state index contributed by atoms with van der Waals surface area (Å²) in [4.78, 5) is 2.88. The summed E-state index contributed by atoms with van der Waals surface area (Å²) >= 11 is 3.53. The number of hydrogen-bond donors (Lipinski definition) is 1. The molecule has 2 rings (SSSR count). The third-order valence-corrected chi connectivity index (χ3v) is 6.01. The zero-order chi connectivity index (χ0) is 15.1. The van der Waals surface area contributed by atoms with Gasteiger partial charge in [-0.05, 0) is 48.7 Å². The Morgan fingerprint density at radius 2 is 1.90 bits per heavy atom. The van der Waals surface area contributed by atoms with Crippen LogP contribution in [-0.4, -0.2) is 33.5 Å². The molecule has 0 aliphatic carbocycles. The molecule has 1 aromatic heterocycles. The fourth-order valence-corrected chi connectivity index (χ4v) is 3.97. The van der Waals surface area contributed by atoms with Crippen molar-refractivity contribution >= 4 is 32.9 Å². The summed E-state index contributed by atoms with van der Waals surface area (Å²) in [7, 11) is -3.09. The molecule has 0 saturated carbocycles. The molecule has 0 aliphatic rings. The zero-order valence-corrected chi connectivity index (χ0v) is 14.4. The second-order valence-corrected chi connectivity index (χ2v) is 8.89. The molecule has 0 spiro atoms. The molecule has 0 amide bonds. The highest BCUT2D eigenvalue weighted by atomic mass is 32.2. The second-order valence-electron chi connectivity index (χ2n) is 4.67. The Morgan fingerprint density at radius 1 is 1.14 bits per heavy atom. The number of rotatable bonds is 8. The molecule has 3 nitrogen and oxygen atoms in total. The van der Waals surface area contributed by atoms with Crippen LogP contribution in [0.2, 0.25) is 0 Å². The van der Waals surface area contributed by atoms with Gasteiger partial charge in [0, 0.05) is 28.3 Å². The van der Waals surface area contributed by atoms with E-state index in [1.807, 2.05) is 12.1 Å². The first kappa shape index (κ1) is 16.5. The first-order chi connectivity index (χ1) is 10.1. The maximum absolute atomic E-state index is 11.4. The van der Waals surface area contributed by atoms with Gasteiger partial charge in [0.1, 0.15) is 0 Å². The van der Waals surface area contributed by atoms with E-state index in [-0.39, 0.29) is 0 Å².